The summed E-state index contributed by atoms with van der Waals surface area (Å²) in [6, 6.07) is 16.9. The second kappa shape index (κ2) is 7.19. The van der Waals surface area contributed by atoms with Crippen LogP contribution < -0.4 is 4.90 Å². The van der Waals surface area contributed by atoms with Gasteiger partial charge in [0.25, 0.3) is 0 Å². The fourth-order valence-corrected chi connectivity index (χ4v) is 2.49. The van der Waals surface area contributed by atoms with Gasteiger partial charge < -0.3 is 4.90 Å². The second-order valence-electron chi connectivity index (χ2n) is 5.82. The van der Waals surface area contributed by atoms with Crippen molar-refractivity contribution in [3.05, 3.63) is 70.8 Å². The molecule has 2 aromatic rings. The fraction of sp³-hybridized carbons (Fsp3) is 0.316. The van der Waals surface area contributed by atoms with Crippen molar-refractivity contribution in [2.45, 2.75) is 13.8 Å². The zero-order chi connectivity index (χ0) is 15.2. The molecule has 0 atom stereocenters. The highest BCUT2D eigenvalue weighted by atomic mass is 15.1. The van der Waals surface area contributed by atoms with Crippen LogP contribution in [0, 0.1) is 13.8 Å². The van der Waals surface area contributed by atoms with Gasteiger partial charge in [0.15, 0.2) is 0 Å². The summed E-state index contributed by atoms with van der Waals surface area (Å²) in [6.45, 7) is 6.22. The minimum absolute atomic E-state index is 0.848. The maximum absolute atomic E-state index is 4.92. The topological polar surface area (TPSA) is 16.8 Å². The summed E-state index contributed by atoms with van der Waals surface area (Å²) in [4.78, 5) is 6.35. The molecule has 0 spiro atoms. The number of aryl methyl sites for hydroxylation is 2. The molecule has 0 bridgehead atoms. The number of rotatable bonds is 5. The number of benzene rings is 2. The van der Waals surface area contributed by atoms with Gasteiger partial charge >= 0.3 is 0 Å². The highest BCUT2D eigenvalue weighted by Crippen LogP contribution is 2.19. The standard InChI is InChI=1S/C19H24N2/c1-15-9-8-10-16(2)18(15)19(20-13-14-21(3)4)17-11-6-5-7-12-17/h5-12H,13-14H2,1-4H3/p+1. The number of aliphatic imine (C=N–C) groups is 1. The Bertz CT molecular complexity index is 592. The monoisotopic (exact) mass is 281 g/mol. The summed E-state index contributed by atoms with van der Waals surface area (Å²) in [5.41, 5.74) is 6.16. The zero-order valence-electron chi connectivity index (χ0n) is 13.5. The molecule has 1 N–H and O–H groups in total. The van der Waals surface area contributed by atoms with Crippen LogP contribution in [0.3, 0.4) is 0 Å². The molecule has 0 heterocycles. The number of quaternary nitrogens is 1. The van der Waals surface area contributed by atoms with E-state index in [2.05, 4.69) is 76.5 Å². The Morgan fingerprint density at radius 2 is 1.52 bits per heavy atom. The van der Waals surface area contributed by atoms with Crippen LogP contribution in [0.1, 0.15) is 22.3 Å². The van der Waals surface area contributed by atoms with Gasteiger partial charge in [-0.05, 0) is 25.0 Å². The normalized spacial score (nSPS) is 12.0. The quantitative estimate of drug-likeness (QED) is 0.810. The SMILES string of the molecule is Cc1cccc(C)c1C(=NCC[NH+](C)C)c1ccccc1. The zero-order valence-corrected chi connectivity index (χ0v) is 13.5. The van der Waals surface area contributed by atoms with Crippen LogP contribution in [-0.4, -0.2) is 32.9 Å². The van der Waals surface area contributed by atoms with E-state index >= 15 is 0 Å². The summed E-state index contributed by atoms with van der Waals surface area (Å²) < 4.78 is 0. The van der Waals surface area contributed by atoms with Crippen LogP contribution in [0.15, 0.2) is 53.5 Å². The smallest absolute Gasteiger partial charge is 0.0965 e. The summed E-state index contributed by atoms with van der Waals surface area (Å²) in [6.07, 6.45) is 0. The maximum Gasteiger partial charge on any atom is 0.0965 e. The van der Waals surface area contributed by atoms with Crippen LogP contribution in [0.2, 0.25) is 0 Å². The first-order chi connectivity index (χ1) is 10.1. The van der Waals surface area contributed by atoms with Gasteiger partial charge in [-0.15, -0.1) is 0 Å². The highest BCUT2D eigenvalue weighted by molar-refractivity contribution is 6.14. The van der Waals surface area contributed by atoms with Gasteiger partial charge in [-0.3, -0.25) is 4.99 Å². The molecule has 2 heteroatoms. The van der Waals surface area contributed by atoms with Gasteiger partial charge in [0.2, 0.25) is 0 Å². The van der Waals surface area contributed by atoms with Crippen LogP contribution in [-0.2, 0) is 0 Å². The van der Waals surface area contributed by atoms with Crippen molar-refractivity contribution in [3.8, 4) is 0 Å². The number of likely N-dealkylation sites (N-methyl/N-ethyl adjacent to an activating group) is 1. The molecule has 0 saturated heterocycles. The predicted octanol–water partition coefficient (Wildman–Crippen LogP) is 2.29. The van der Waals surface area contributed by atoms with Crippen molar-refractivity contribution in [2.75, 3.05) is 27.2 Å². The second-order valence-corrected chi connectivity index (χ2v) is 5.82. The van der Waals surface area contributed by atoms with Crippen molar-refractivity contribution >= 4 is 5.71 Å². The molecule has 0 unspecified atom stereocenters. The molecule has 0 aromatic heterocycles. The lowest BCUT2D eigenvalue weighted by atomic mass is 9.94. The van der Waals surface area contributed by atoms with E-state index < -0.39 is 0 Å². The lowest BCUT2D eigenvalue weighted by Gasteiger charge is -2.14. The third-order valence-corrected chi connectivity index (χ3v) is 3.65. The first-order valence-corrected chi connectivity index (χ1v) is 7.55. The third-order valence-electron chi connectivity index (χ3n) is 3.65. The number of nitrogens with one attached hydrogen (secondary N) is 1. The summed E-state index contributed by atoms with van der Waals surface area (Å²) in [7, 11) is 4.33. The molecule has 110 valence electrons. The van der Waals surface area contributed by atoms with Crippen molar-refractivity contribution in [1.82, 2.24) is 0 Å². The molecule has 0 saturated carbocycles. The Hall–Kier alpha value is -1.93. The Morgan fingerprint density at radius 3 is 2.10 bits per heavy atom. The van der Waals surface area contributed by atoms with E-state index in [1.165, 1.54) is 27.2 Å². The minimum Gasteiger partial charge on any atom is -0.338 e. The molecular weight excluding hydrogens is 256 g/mol. The van der Waals surface area contributed by atoms with Gasteiger partial charge in [-0.2, -0.15) is 0 Å². The number of nitrogens with zero attached hydrogens (tertiary/aromatic N) is 1. The Kier molecular flexibility index (Phi) is 5.29. The van der Waals surface area contributed by atoms with Gasteiger partial charge in [-0.25, -0.2) is 0 Å². The van der Waals surface area contributed by atoms with Gasteiger partial charge in [0, 0.05) is 11.1 Å². The van der Waals surface area contributed by atoms with E-state index in [-0.39, 0.29) is 0 Å². The lowest BCUT2D eigenvalue weighted by Crippen LogP contribution is -3.06. The van der Waals surface area contributed by atoms with Crippen molar-refractivity contribution in [3.63, 3.8) is 0 Å². The molecule has 2 aromatic carbocycles. The third kappa shape index (κ3) is 4.02. The molecule has 0 aliphatic heterocycles. The molecule has 0 aliphatic rings. The van der Waals surface area contributed by atoms with Crippen LogP contribution in [0.4, 0.5) is 0 Å². The maximum atomic E-state index is 4.92. The minimum atomic E-state index is 0.848. The molecule has 0 aliphatic carbocycles. The van der Waals surface area contributed by atoms with Crippen molar-refractivity contribution in [2.24, 2.45) is 4.99 Å². The summed E-state index contributed by atoms with van der Waals surface area (Å²) in [5, 5.41) is 0. The fourth-order valence-electron chi connectivity index (χ4n) is 2.49. The Morgan fingerprint density at radius 1 is 0.905 bits per heavy atom. The van der Waals surface area contributed by atoms with Gasteiger partial charge in [-0.1, -0.05) is 48.5 Å². The largest absolute Gasteiger partial charge is 0.338 e. The highest BCUT2D eigenvalue weighted by Gasteiger charge is 2.12. The molecular formula is C19H25N2+. The molecule has 21 heavy (non-hydrogen) atoms. The summed E-state index contributed by atoms with van der Waals surface area (Å²) in [5.74, 6) is 0. The molecule has 0 radical (unpaired) electrons. The predicted molar refractivity (Wildman–Crippen MR) is 90.5 cm³/mol. The van der Waals surface area contributed by atoms with Crippen molar-refractivity contribution in [1.29, 1.82) is 0 Å². The Labute approximate surface area is 128 Å². The first-order valence-electron chi connectivity index (χ1n) is 7.55. The number of hydrogen-bond donors (Lipinski definition) is 1. The average Bonchev–Trinajstić information content (AvgIpc) is 2.46. The van der Waals surface area contributed by atoms with Crippen molar-refractivity contribution < 1.29 is 4.90 Å². The lowest BCUT2D eigenvalue weighted by molar-refractivity contribution is -0.856. The summed E-state index contributed by atoms with van der Waals surface area (Å²) >= 11 is 0. The molecule has 2 rings (SSSR count). The van der Waals surface area contributed by atoms with Gasteiger partial charge in [0.05, 0.1) is 32.9 Å². The average molecular weight is 281 g/mol. The molecule has 0 amide bonds. The molecule has 0 fully saturated rings. The number of hydrogen-bond acceptors (Lipinski definition) is 1. The van der Waals surface area contributed by atoms with Crippen LogP contribution >= 0.6 is 0 Å². The van der Waals surface area contributed by atoms with E-state index in [1.54, 1.807) is 0 Å². The van der Waals surface area contributed by atoms with E-state index in [0.29, 0.717) is 0 Å². The van der Waals surface area contributed by atoms with E-state index in [1.807, 2.05) is 0 Å². The van der Waals surface area contributed by atoms with Crippen LogP contribution in [0.25, 0.3) is 0 Å². The Balaban J connectivity index is 2.46. The first kappa shape index (κ1) is 15.5. The van der Waals surface area contributed by atoms with Gasteiger partial charge in [0.1, 0.15) is 0 Å². The van der Waals surface area contributed by atoms with Crippen LogP contribution in [0.5, 0.6) is 0 Å². The van der Waals surface area contributed by atoms with E-state index in [9.17, 15) is 0 Å². The van der Waals surface area contributed by atoms with E-state index in [0.717, 1.165) is 18.8 Å². The van der Waals surface area contributed by atoms with E-state index in [4.69, 9.17) is 4.99 Å². The molecule has 2 nitrogen and oxygen atoms in total.